The van der Waals surface area contributed by atoms with Gasteiger partial charge in [-0.1, -0.05) is 49.8 Å². The normalized spacial score (nSPS) is 16.8. The summed E-state index contributed by atoms with van der Waals surface area (Å²) < 4.78 is 13.6. The average Bonchev–Trinajstić information content (AvgIpc) is 2.44. The molecule has 2 nitrogen and oxygen atoms in total. The molecule has 0 heterocycles. The molecule has 0 unspecified atom stereocenters. The van der Waals surface area contributed by atoms with E-state index in [-0.39, 0.29) is 11.7 Å². The molecule has 1 N–H and O–H groups in total. The van der Waals surface area contributed by atoms with Crippen LogP contribution < -0.4 is 5.32 Å². The number of carbonyl (C=O) groups is 1. The molecule has 1 aromatic carbocycles. The Morgan fingerprint density at radius 3 is 2.59 bits per heavy atom. The SMILES string of the molecule is O=C(CSCc1ccc(Cl)cc1F)NC1CCCCCCC1. The first-order chi connectivity index (χ1) is 10.6. The van der Waals surface area contributed by atoms with Gasteiger partial charge in [0.2, 0.25) is 5.91 Å². The zero-order chi connectivity index (χ0) is 15.8. The molecule has 0 aromatic heterocycles. The van der Waals surface area contributed by atoms with Crippen LogP contribution in [0.5, 0.6) is 0 Å². The molecule has 0 aliphatic heterocycles. The van der Waals surface area contributed by atoms with Gasteiger partial charge in [0.25, 0.3) is 0 Å². The molecule has 1 aromatic rings. The first-order valence-electron chi connectivity index (χ1n) is 7.96. The molecule has 0 bridgehead atoms. The smallest absolute Gasteiger partial charge is 0.230 e. The van der Waals surface area contributed by atoms with E-state index in [2.05, 4.69) is 5.32 Å². The Kier molecular flexibility index (Phi) is 7.53. The number of nitrogens with one attached hydrogen (secondary N) is 1. The summed E-state index contributed by atoms with van der Waals surface area (Å²) in [6.45, 7) is 0. The molecule has 0 atom stereocenters. The van der Waals surface area contributed by atoms with E-state index in [1.165, 1.54) is 49.9 Å². The Balaban J connectivity index is 1.70. The lowest BCUT2D eigenvalue weighted by molar-refractivity contribution is -0.119. The fraction of sp³-hybridized carbons (Fsp3) is 0.588. The van der Waals surface area contributed by atoms with Gasteiger partial charge in [-0.25, -0.2) is 4.39 Å². The lowest BCUT2D eigenvalue weighted by Gasteiger charge is -2.20. The zero-order valence-electron chi connectivity index (χ0n) is 12.7. The van der Waals surface area contributed by atoms with Gasteiger partial charge >= 0.3 is 0 Å². The minimum absolute atomic E-state index is 0.0601. The molecule has 122 valence electrons. The van der Waals surface area contributed by atoms with Crippen molar-refractivity contribution in [1.82, 2.24) is 5.32 Å². The number of amides is 1. The Labute approximate surface area is 141 Å². The maximum atomic E-state index is 13.6. The minimum Gasteiger partial charge on any atom is -0.353 e. The molecule has 5 heteroatoms. The van der Waals surface area contributed by atoms with Gasteiger partial charge in [0.1, 0.15) is 5.82 Å². The predicted molar refractivity (Wildman–Crippen MR) is 91.8 cm³/mol. The van der Waals surface area contributed by atoms with Crippen molar-refractivity contribution < 1.29 is 9.18 Å². The minimum atomic E-state index is -0.305. The molecule has 1 amide bonds. The monoisotopic (exact) mass is 343 g/mol. The van der Waals surface area contributed by atoms with Crippen molar-refractivity contribution in [2.45, 2.75) is 56.7 Å². The van der Waals surface area contributed by atoms with Gasteiger partial charge in [-0.2, -0.15) is 0 Å². The van der Waals surface area contributed by atoms with E-state index < -0.39 is 0 Å². The van der Waals surface area contributed by atoms with Gasteiger partial charge in [-0.3, -0.25) is 4.79 Å². The van der Waals surface area contributed by atoms with Crippen molar-refractivity contribution >= 4 is 29.3 Å². The number of carbonyl (C=O) groups excluding carboxylic acids is 1. The van der Waals surface area contributed by atoms with Crippen LogP contribution in [-0.4, -0.2) is 17.7 Å². The van der Waals surface area contributed by atoms with Crippen molar-refractivity contribution in [3.8, 4) is 0 Å². The summed E-state index contributed by atoms with van der Waals surface area (Å²) >= 11 is 7.16. The number of hydrogen-bond donors (Lipinski definition) is 1. The van der Waals surface area contributed by atoms with Crippen molar-refractivity contribution in [2.75, 3.05) is 5.75 Å². The van der Waals surface area contributed by atoms with Crippen LogP contribution in [0.4, 0.5) is 4.39 Å². The van der Waals surface area contributed by atoms with Crippen LogP contribution in [0, 0.1) is 5.82 Å². The maximum absolute atomic E-state index is 13.6. The van der Waals surface area contributed by atoms with Gasteiger partial charge in [0.15, 0.2) is 0 Å². The van der Waals surface area contributed by atoms with Crippen LogP contribution in [0.3, 0.4) is 0 Å². The summed E-state index contributed by atoms with van der Waals surface area (Å²) in [5.41, 5.74) is 0.591. The highest BCUT2D eigenvalue weighted by Crippen LogP contribution is 2.20. The molecular formula is C17H23ClFNOS. The Morgan fingerprint density at radius 2 is 1.91 bits per heavy atom. The zero-order valence-corrected chi connectivity index (χ0v) is 14.3. The summed E-state index contributed by atoms with van der Waals surface area (Å²) in [4.78, 5) is 12.0. The van der Waals surface area contributed by atoms with E-state index in [1.807, 2.05) is 0 Å². The summed E-state index contributed by atoms with van der Waals surface area (Å²) in [7, 11) is 0. The van der Waals surface area contributed by atoms with Crippen LogP contribution in [0.1, 0.15) is 50.5 Å². The van der Waals surface area contributed by atoms with E-state index >= 15 is 0 Å². The highest BCUT2D eigenvalue weighted by molar-refractivity contribution is 7.99. The summed E-state index contributed by atoms with van der Waals surface area (Å²) in [5.74, 6) is 0.616. The second-order valence-corrected chi connectivity index (χ2v) is 7.26. The molecule has 0 saturated heterocycles. The molecule has 1 aliphatic rings. The highest BCUT2D eigenvalue weighted by Gasteiger charge is 2.14. The van der Waals surface area contributed by atoms with Gasteiger partial charge in [0, 0.05) is 16.8 Å². The van der Waals surface area contributed by atoms with E-state index in [0.29, 0.717) is 28.1 Å². The number of halogens is 2. The molecule has 0 radical (unpaired) electrons. The van der Waals surface area contributed by atoms with E-state index in [1.54, 1.807) is 12.1 Å². The summed E-state index contributed by atoms with van der Waals surface area (Å²) in [6, 6.07) is 4.99. The van der Waals surface area contributed by atoms with Crippen LogP contribution in [0.2, 0.25) is 5.02 Å². The third-order valence-electron chi connectivity index (χ3n) is 3.98. The Bertz CT molecular complexity index is 490. The second kappa shape index (κ2) is 9.41. The topological polar surface area (TPSA) is 29.1 Å². The lowest BCUT2D eigenvalue weighted by Crippen LogP contribution is -2.36. The van der Waals surface area contributed by atoms with Crippen molar-refractivity contribution in [1.29, 1.82) is 0 Å². The number of benzene rings is 1. The molecule has 22 heavy (non-hydrogen) atoms. The first-order valence-corrected chi connectivity index (χ1v) is 9.49. The summed E-state index contributed by atoms with van der Waals surface area (Å²) in [6.07, 6.45) is 8.45. The van der Waals surface area contributed by atoms with Crippen molar-refractivity contribution in [2.24, 2.45) is 0 Å². The summed E-state index contributed by atoms with van der Waals surface area (Å²) in [5, 5.41) is 3.52. The van der Waals surface area contributed by atoms with Gasteiger partial charge in [-0.05, 0) is 30.5 Å². The second-order valence-electron chi connectivity index (χ2n) is 5.84. The number of thioether (sulfide) groups is 1. The average molecular weight is 344 g/mol. The molecular weight excluding hydrogens is 321 g/mol. The number of rotatable bonds is 5. The molecule has 1 aliphatic carbocycles. The quantitative estimate of drug-likeness (QED) is 0.820. The third-order valence-corrected chi connectivity index (χ3v) is 5.19. The molecule has 1 saturated carbocycles. The van der Waals surface area contributed by atoms with E-state index in [0.717, 1.165) is 12.8 Å². The van der Waals surface area contributed by atoms with E-state index in [4.69, 9.17) is 11.6 Å². The molecule has 2 rings (SSSR count). The molecule has 0 spiro atoms. The van der Waals surface area contributed by atoms with Gasteiger partial charge in [0.05, 0.1) is 5.75 Å². The molecule has 1 fully saturated rings. The Morgan fingerprint density at radius 1 is 1.23 bits per heavy atom. The highest BCUT2D eigenvalue weighted by atomic mass is 35.5. The fourth-order valence-electron chi connectivity index (χ4n) is 2.76. The van der Waals surface area contributed by atoms with Gasteiger partial charge in [-0.15, -0.1) is 11.8 Å². The van der Waals surface area contributed by atoms with Crippen molar-refractivity contribution in [3.63, 3.8) is 0 Å². The van der Waals surface area contributed by atoms with E-state index in [9.17, 15) is 9.18 Å². The Hall–Kier alpha value is -0.740. The van der Waals surface area contributed by atoms with Crippen LogP contribution in [-0.2, 0) is 10.5 Å². The van der Waals surface area contributed by atoms with Crippen LogP contribution >= 0.6 is 23.4 Å². The largest absolute Gasteiger partial charge is 0.353 e. The van der Waals surface area contributed by atoms with Crippen molar-refractivity contribution in [3.05, 3.63) is 34.6 Å². The number of hydrogen-bond acceptors (Lipinski definition) is 2. The predicted octanol–water partition coefficient (Wildman–Crippen LogP) is 4.94. The first kappa shape index (κ1) is 17.6. The van der Waals surface area contributed by atoms with Crippen LogP contribution in [0.25, 0.3) is 0 Å². The fourth-order valence-corrected chi connectivity index (χ4v) is 3.75. The standard InChI is InChI=1S/C17H23ClFNOS/c18-14-9-8-13(16(19)10-14)11-22-12-17(21)20-15-6-4-2-1-3-5-7-15/h8-10,15H,1-7,11-12H2,(H,20,21). The lowest BCUT2D eigenvalue weighted by atomic mass is 9.97. The van der Waals surface area contributed by atoms with Crippen LogP contribution in [0.15, 0.2) is 18.2 Å². The van der Waals surface area contributed by atoms with Gasteiger partial charge < -0.3 is 5.32 Å². The third kappa shape index (κ3) is 6.17. The maximum Gasteiger partial charge on any atom is 0.230 e.